The second-order valence-electron chi connectivity index (χ2n) is 5.55. The van der Waals surface area contributed by atoms with E-state index in [1.165, 1.54) is 36.2 Å². The van der Waals surface area contributed by atoms with Crippen molar-refractivity contribution in [2.24, 2.45) is 5.73 Å². The summed E-state index contributed by atoms with van der Waals surface area (Å²) in [7, 11) is 1.49. The smallest absolute Gasteiger partial charge is 0.254 e. The number of carbonyl (C=O) groups is 2. The number of likely N-dealkylation sites (N-methyl/N-ethyl adjacent to an activating group) is 1. The third kappa shape index (κ3) is 3.13. The van der Waals surface area contributed by atoms with E-state index in [4.69, 9.17) is 10.9 Å². The first-order valence-electron chi connectivity index (χ1n) is 7.25. The maximum Gasteiger partial charge on any atom is 0.254 e. The van der Waals surface area contributed by atoms with Crippen molar-refractivity contribution in [1.29, 1.82) is 0 Å². The van der Waals surface area contributed by atoms with Gasteiger partial charge in [0.1, 0.15) is 5.54 Å². The molecule has 24 heavy (non-hydrogen) atoms. The number of nitrogens with two attached hydrogens (primary N) is 1. The number of nitrogens with one attached hydrogen (secondary N) is 1. The number of amides is 2. The van der Waals surface area contributed by atoms with Gasteiger partial charge in [-0.25, -0.2) is 5.21 Å². The predicted octanol–water partition coefficient (Wildman–Crippen LogP) is 0.563. The molecule has 2 aromatic rings. The summed E-state index contributed by atoms with van der Waals surface area (Å²) in [6, 6.07) is 14.3. The standard InChI is InChI=1S/C17H19N3O4/c1-17(16(18)22,13-6-4-3-5-7-13)19(2)15(21)12-8-10-14(11-9-12)20(23)24/h3-11,20,23H,1-2H3,(H2,18,22). The fraction of sp³-hybridized carbons (Fsp3) is 0.176. The van der Waals surface area contributed by atoms with Gasteiger partial charge in [-0.05, 0) is 24.6 Å². The van der Waals surface area contributed by atoms with Crippen LogP contribution in [0.1, 0.15) is 22.8 Å². The van der Waals surface area contributed by atoms with Gasteiger partial charge < -0.3 is 15.8 Å². The van der Waals surface area contributed by atoms with Crippen molar-refractivity contribution in [3.8, 4) is 0 Å². The summed E-state index contributed by atoms with van der Waals surface area (Å²) in [6.45, 7) is 1.58. The van der Waals surface area contributed by atoms with Gasteiger partial charge in [0.25, 0.3) is 5.91 Å². The summed E-state index contributed by atoms with van der Waals surface area (Å²) in [5, 5.41) is 18.7. The zero-order valence-corrected chi connectivity index (χ0v) is 13.4. The van der Waals surface area contributed by atoms with Crippen LogP contribution in [0.4, 0.5) is 5.69 Å². The van der Waals surface area contributed by atoms with Crippen molar-refractivity contribution in [2.75, 3.05) is 7.05 Å². The number of rotatable bonds is 5. The van der Waals surface area contributed by atoms with Crippen molar-refractivity contribution >= 4 is 17.5 Å². The summed E-state index contributed by atoms with van der Waals surface area (Å²) >= 11 is 0. The summed E-state index contributed by atoms with van der Waals surface area (Å²) in [4.78, 5) is 26.1. The van der Waals surface area contributed by atoms with Crippen LogP contribution in [0.25, 0.3) is 0 Å². The third-order valence-electron chi connectivity index (χ3n) is 4.17. The van der Waals surface area contributed by atoms with Crippen LogP contribution in [0, 0.1) is 5.21 Å². The molecule has 2 amide bonds. The van der Waals surface area contributed by atoms with Gasteiger partial charge in [0.2, 0.25) is 5.91 Å². The molecule has 0 aliphatic rings. The first-order valence-corrected chi connectivity index (χ1v) is 7.25. The van der Waals surface area contributed by atoms with Gasteiger partial charge in [0.05, 0.1) is 0 Å². The van der Waals surface area contributed by atoms with Crippen LogP contribution in [0.2, 0.25) is 0 Å². The van der Waals surface area contributed by atoms with Crippen molar-refractivity contribution in [3.05, 3.63) is 70.9 Å². The first kappa shape index (κ1) is 17.6. The molecule has 4 N–H and O–H groups in total. The molecule has 0 aliphatic carbocycles. The quantitative estimate of drug-likeness (QED) is 0.696. The van der Waals surface area contributed by atoms with Crippen LogP contribution in [0.3, 0.4) is 0 Å². The van der Waals surface area contributed by atoms with E-state index in [1.54, 1.807) is 37.3 Å². The Kier molecular flexibility index (Phi) is 4.99. The zero-order chi connectivity index (χ0) is 17.9. The zero-order valence-electron chi connectivity index (χ0n) is 13.4. The maximum absolute atomic E-state index is 12.7. The SMILES string of the molecule is CN(C(=O)c1ccc([NH+]([O-])O)cc1)C(C)(C(N)=O)c1ccccc1. The highest BCUT2D eigenvalue weighted by Crippen LogP contribution is 2.28. The fourth-order valence-corrected chi connectivity index (χ4v) is 2.42. The number of nitrogens with zero attached hydrogens (tertiary/aromatic N) is 1. The van der Waals surface area contributed by atoms with E-state index in [1.807, 2.05) is 0 Å². The Morgan fingerprint density at radius 2 is 1.67 bits per heavy atom. The summed E-state index contributed by atoms with van der Waals surface area (Å²) in [5.74, 6) is -1.09. The molecule has 0 fully saturated rings. The Morgan fingerprint density at radius 1 is 1.12 bits per heavy atom. The molecule has 2 unspecified atom stereocenters. The molecule has 0 saturated carbocycles. The van der Waals surface area contributed by atoms with E-state index in [2.05, 4.69) is 0 Å². The van der Waals surface area contributed by atoms with Crippen LogP contribution in [-0.4, -0.2) is 29.0 Å². The Morgan fingerprint density at radius 3 is 2.12 bits per heavy atom. The Hall–Kier alpha value is -2.74. The van der Waals surface area contributed by atoms with Gasteiger partial charge in [-0.1, -0.05) is 30.3 Å². The van der Waals surface area contributed by atoms with Crippen molar-refractivity contribution in [3.63, 3.8) is 0 Å². The molecule has 0 heterocycles. The summed E-state index contributed by atoms with van der Waals surface area (Å²) in [6.07, 6.45) is 0. The Labute approximate surface area is 139 Å². The van der Waals surface area contributed by atoms with Crippen LogP contribution in [0.15, 0.2) is 54.6 Å². The van der Waals surface area contributed by atoms with Gasteiger partial charge in [0, 0.05) is 24.7 Å². The molecular formula is C17H19N3O4. The molecule has 2 aromatic carbocycles. The highest BCUT2D eigenvalue weighted by Gasteiger charge is 2.40. The minimum absolute atomic E-state index is 0.0786. The molecule has 0 radical (unpaired) electrons. The lowest BCUT2D eigenvalue weighted by Gasteiger charge is -2.36. The van der Waals surface area contributed by atoms with Gasteiger partial charge >= 0.3 is 0 Å². The molecule has 7 heteroatoms. The van der Waals surface area contributed by atoms with Crippen LogP contribution in [0.5, 0.6) is 0 Å². The summed E-state index contributed by atoms with van der Waals surface area (Å²) < 4.78 is 0. The highest BCUT2D eigenvalue weighted by atomic mass is 16.8. The molecule has 0 aliphatic heterocycles. The number of quaternary nitrogens is 1. The number of benzene rings is 2. The molecule has 0 spiro atoms. The van der Waals surface area contributed by atoms with Crippen molar-refractivity contribution in [1.82, 2.24) is 4.90 Å². The lowest BCUT2D eigenvalue weighted by atomic mass is 9.89. The molecule has 0 aromatic heterocycles. The fourth-order valence-electron chi connectivity index (χ4n) is 2.42. The van der Waals surface area contributed by atoms with Gasteiger partial charge in [-0.15, -0.1) is 0 Å². The molecule has 0 saturated heterocycles. The lowest BCUT2D eigenvalue weighted by Crippen LogP contribution is -2.99. The van der Waals surface area contributed by atoms with E-state index < -0.39 is 22.6 Å². The molecule has 0 bridgehead atoms. The largest absolute Gasteiger partial charge is 0.595 e. The average Bonchev–Trinajstić information content (AvgIpc) is 2.60. The molecule has 7 nitrogen and oxygen atoms in total. The minimum atomic E-state index is -1.33. The van der Waals surface area contributed by atoms with Crippen LogP contribution in [-0.2, 0) is 10.3 Å². The molecular weight excluding hydrogens is 310 g/mol. The predicted molar refractivity (Wildman–Crippen MR) is 87.3 cm³/mol. The van der Waals surface area contributed by atoms with Gasteiger partial charge in [-0.2, -0.15) is 5.23 Å². The van der Waals surface area contributed by atoms with Gasteiger partial charge in [-0.3, -0.25) is 9.59 Å². The van der Waals surface area contributed by atoms with E-state index >= 15 is 0 Å². The van der Waals surface area contributed by atoms with Crippen LogP contribution >= 0.6 is 0 Å². The third-order valence-corrected chi connectivity index (χ3v) is 4.17. The Balaban J connectivity index is 2.38. The van der Waals surface area contributed by atoms with Crippen molar-refractivity contribution in [2.45, 2.75) is 12.5 Å². The van der Waals surface area contributed by atoms with Gasteiger partial charge in [0.15, 0.2) is 5.69 Å². The lowest BCUT2D eigenvalue weighted by molar-refractivity contribution is -0.991. The van der Waals surface area contributed by atoms with E-state index in [-0.39, 0.29) is 11.3 Å². The normalized spacial score (nSPS) is 14.5. The van der Waals surface area contributed by atoms with Crippen molar-refractivity contribution < 1.29 is 20.0 Å². The van der Waals surface area contributed by atoms with E-state index in [9.17, 15) is 14.8 Å². The van der Waals surface area contributed by atoms with Crippen LogP contribution < -0.4 is 11.0 Å². The number of carbonyl (C=O) groups excluding carboxylic acids is 2. The topological polar surface area (TPSA) is 111 Å². The molecule has 126 valence electrons. The van der Waals surface area contributed by atoms with E-state index in [0.717, 1.165) is 0 Å². The monoisotopic (exact) mass is 329 g/mol. The van der Waals surface area contributed by atoms with E-state index in [0.29, 0.717) is 5.56 Å². The molecule has 2 atom stereocenters. The maximum atomic E-state index is 12.7. The second kappa shape index (κ2) is 6.79. The minimum Gasteiger partial charge on any atom is -0.595 e. The first-order chi connectivity index (χ1) is 11.3. The number of primary amides is 1. The molecule has 2 rings (SSSR count). The number of hydrogen-bond donors (Lipinski definition) is 3. The average molecular weight is 329 g/mol. The Bertz CT molecular complexity index is 731. The second-order valence-corrected chi connectivity index (χ2v) is 5.55. The number of hydrogen-bond acceptors (Lipinski definition) is 4. The highest BCUT2D eigenvalue weighted by molar-refractivity contribution is 5.99. The summed E-state index contributed by atoms with van der Waals surface area (Å²) in [5.41, 5.74) is 5.18.